The van der Waals surface area contributed by atoms with Crippen molar-refractivity contribution in [2.24, 2.45) is 5.92 Å². The van der Waals surface area contributed by atoms with Crippen LogP contribution in [0.5, 0.6) is 5.75 Å². The number of hydrogen-bond acceptors (Lipinski definition) is 9. The monoisotopic (exact) mass is 594 g/mol. The van der Waals surface area contributed by atoms with Crippen molar-refractivity contribution in [1.82, 2.24) is 20.4 Å². The third kappa shape index (κ3) is 9.34. The van der Waals surface area contributed by atoms with Gasteiger partial charge in [0.2, 0.25) is 5.91 Å². The van der Waals surface area contributed by atoms with Crippen molar-refractivity contribution in [2.75, 3.05) is 31.1 Å². The Balaban J connectivity index is 1.23. The lowest BCUT2D eigenvalue weighted by molar-refractivity contribution is -0.133. The van der Waals surface area contributed by atoms with Crippen LogP contribution in [-0.2, 0) is 16.0 Å². The van der Waals surface area contributed by atoms with Gasteiger partial charge >= 0.3 is 12.1 Å². The van der Waals surface area contributed by atoms with E-state index in [-0.39, 0.29) is 18.2 Å². The van der Waals surface area contributed by atoms with Crippen LogP contribution in [0.25, 0.3) is 0 Å². The summed E-state index contributed by atoms with van der Waals surface area (Å²) in [5.41, 5.74) is 0.187. The highest BCUT2D eigenvalue weighted by atomic mass is 16.6. The highest BCUT2D eigenvalue weighted by Crippen LogP contribution is 2.26. The largest absolute Gasteiger partial charge is 0.494 e. The lowest BCUT2D eigenvalue weighted by atomic mass is 9.92. The molecule has 2 amide bonds. The van der Waals surface area contributed by atoms with E-state index in [9.17, 15) is 14.9 Å². The molecule has 1 aromatic heterocycles. The van der Waals surface area contributed by atoms with E-state index in [1.54, 1.807) is 25.7 Å². The van der Waals surface area contributed by atoms with Gasteiger partial charge in [-0.1, -0.05) is 31.1 Å². The summed E-state index contributed by atoms with van der Waals surface area (Å²) in [6.45, 7) is 12.4. The lowest BCUT2D eigenvalue weighted by Crippen LogP contribution is -2.51. The maximum Gasteiger partial charge on any atom is 0.408 e. The first-order valence-electron chi connectivity index (χ1n) is 15.5. The van der Waals surface area contributed by atoms with Crippen LogP contribution in [-0.4, -0.2) is 71.0 Å². The molecule has 2 aliphatic rings. The van der Waals surface area contributed by atoms with E-state index in [1.165, 1.54) is 0 Å². The third-order valence-electron chi connectivity index (χ3n) is 7.90. The molecule has 4 rings (SSSR count). The van der Waals surface area contributed by atoms with Crippen molar-refractivity contribution in [2.45, 2.75) is 103 Å². The minimum atomic E-state index is -0.834. The number of anilines is 1. The molecule has 2 aliphatic heterocycles. The number of aromatic nitrogens is 2. The zero-order chi connectivity index (χ0) is 31.0. The molecule has 2 aromatic rings. The highest BCUT2D eigenvalue weighted by molar-refractivity contribution is 5.86. The second-order valence-corrected chi connectivity index (χ2v) is 12.9. The molecule has 11 heteroatoms. The lowest BCUT2D eigenvalue weighted by Gasteiger charge is -2.30. The van der Waals surface area contributed by atoms with Crippen molar-refractivity contribution < 1.29 is 23.6 Å². The van der Waals surface area contributed by atoms with Gasteiger partial charge in [0.05, 0.1) is 12.7 Å². The Kier molecular flexibility index (Phi) is 10.9. The number of ether oxygens (including phenoxy) is 2. The Morgan fingerprint density at radius 1 is 1.14 bits per heavy atom. The average Bonchev–Trinajstić information content (AvgIpc) is 3.65. The Hall–Kier alpha value is -3.81. The van der Waals surface area contributed by atoms with Crippen molar-refractivity contribution in [3.8, 4) is 11.8 Å². The van der Waals surface area contributed by atoms with E-state index in [0.29, 0.717) is 31.5 Å². The Morgan fingerprint density at radius 3 is 2.49 bits per heavy atom. The molecule has 0 spiro atoms. The zero-order valence-electron chi connectivity index (χ0n) is 26.2. The molecule has 43 heavy (non-hydrogen) atoms. The van der Waals surface area contributed by atoms with Crippen molar-refractivity contribution in [3.63, 3.8) is 0 Å². The van der Waals surface area contributed by atoms with Gasteiger partial charge in [-0.25, -0.2) is 4.79 Å². The van der Waals surface area contributed by atoms with Crippen LogP contribution in [0.15, 0.2) is 28.8 Å². The topological polar surface area (TPSA) is 134 Å². The quantitative estimate of drug-likeness (QED) is 0.348. The van der Waals surface area contributed by atoms with Gasteiger partial charge in [-0.3, -0.25) is 4.79 Å². The van der Waals surface area contributed by atoms with Gasteiger partial charge in [-0.05, 0) is 82.9 Å². The summed E-state index contributed by atoms with van der Waals surface area (Å²) >= 11 is 0. The number of rotatable bonds is 11. The molecule has 2 saturated heterocycles. The van der Waals surface area contributed by atoms with Crippen LogP contribution >= 0.6 is 0 Å². The molecule has 3 heterocycles. The van der Waals surface area contributed by atoms with Crippen LogP contribution < -0.4 is 15.0 Å². The summed E-state index contributed by atoms with van der Waals surface area (Å²) in [7, 11) is 0. The summed E-state index contributed by atoms with van der Waals surface area (Å²) in [5.74, 6) is 2.16. The van der Waals surface area contributed by atoms with E-state index in [0.717, 1.165) is 62.3 Å². The van der Waals surface area contributed by atoms with Gasteiger partial charge in [0.25, 0.3) is 0 Å². The molecule has 0 saturated carbocycles. The third-order valence-corrected chi connectivity index (χ3v) is 7.90. The first-order chi connectivity index (χ1) is 20.5. The number of likely N-dealkylation sites (tertiary alicyclic amines) is 1. The number of nitrogens with one attached hydrogen (secondary N) is 1. The molecule has 1 aromatic carbocycles. The molecule has 2 atom stereocenters. The number of carbonyl (C=O) groups excluding carboxylic acids is 2. The normalized spacial score (nSPS) is 18.4. The molecule has 0 radical (unpaired) electrons. The van der Waals surface area contributed by atoms with E-state index in [4.69, 9.17) is 14.0 Å². The standard InChI is InChI=1S/C32H46N6O5/c1-22(2)28-35-30(43-36-28)37-17-14-23(15-18-37)8-7-19-41-26-12-10-24(11-13-26)20-27(34-31(40)42-32(3,4)5)29(39)38-16-6-9-25(38)21-33/h10-13,22-23,25,27H,6-9,14-20H2,1-5H3,(H,34,40). The number of nitriles is 1. The second-order valence-electron chi connectivity index (χ2n) is 12.9. The average molecular weight is 595 g/mol. The van der Waals surface area contributed by atoms with Gasteiger partial charge in [0, 0.05) is 32.0 Å². The van der Waals surface area contributed by atoms with Gasteiger partial charge in [0.1, 0.15) is 23.4 Å². The van der Waals surface area contributed by atoms with E-state index < -0.39 is 23.8 Å². The first-order valence-corrected chi connectivity index (χ1v) is 15.5. The molecule has 2 fully saturated rings. The van der Waals surface area contributed by atoms with Crippen molar-refractivity contribution >= 4 is 18.0 Å². The molecule has 0 aliphatic carbocycles. The van der Waals surface area contributed by atoms with Crippen LogP contribution in [0.3, 0.4) is 0 Å². The fourth-order valence-electron chi connectivity index (χ4n) is 5.54. The van der Waals surface area contributed by atoms with E-state index in [2.05, 4.69) is 40.3 Å². The summed E-state index contributed by atoms with van der Waals surface area (Å²) < 4.78 is 16.9. The summed E-state index contributed by atoms with van der Waals surface area (Å²) in [5, 5.41) is 16.3. The Labute approximate surface area is 254 Å². The number of nitrogens with zero attached hydrogens (tertiary/aromatic N) is 5. The van der Waals surface area contributed by atoms with Gasteiger partial charge in [-0.15, -0.1) is 0 Å². The van der Waals surface area contributed by atoms with Gasteiger partial charge < -0.3 is 29.1 Å². The number of amides is 2. The molecule has 11 nitrogen and oxygen atoms in total. The number of benzene rings is 1. The zero-order valence-corrected chi connectivity index (χ0v) is 26.2. The molecule has 2 unspecified atom stereocenters. The molecular weight excluding hydrogens is 548 g/mol. The van der Waals surface area contributed by atoms with E-state index >= 15 is 0 Å². The maximum absolute atomic E-state index is 13.4. The SMILES string of the molecule is CC(C)c1noc(N2CCC(CCCOc3ccc(CC(NC(=O)OC(C)(C)C)C(=O)N4CCCC4C#N)cc3)CC2)n1. The summed E-state index contributed by atoms with van der Waals surface area (Å²) in [6.07, 6.45) is 5.31. The Morgan fingerprint density at radius 2 is 1.86 bits per heavy atom. The first kappa shape index (κ1) is 32.1. The van der Waals surface area contributed by atoms with Gasteiger partial charge in [0.15, 0.2) is 5.82 Å². The minimum Gasteiger partial charge on any atom is -0.494 e. The van der Waals surface area contributed by atoms with E-state index in [1.807, 2.05) is 24.3 Å². The summed E-state index contributed by atoms with van der Waals surface area (Å²) in [6, 6.07) is 9.15. The van der Waals surface area contributed by atoms with Gasteiger partial charge in [-0.2, -0.15) is 10.2 Å². The fourth-order valence-corrected chi connectivity index (χ4v) is 5.54. The Bertz CT molecular complexity index is 1240. The molecule has 0 bridgehead atoms. The maximum atomic E-state index is 13.4. The van der Waals surface area contributed by atoms with Crippen LogP contribution in [0, 0.1) is 17.2 Å². The summed E-state index contributed by atoms with van der Waals surface area (Å²) in [4.78, 5) is 34.2. The van der Waals surface area contributed by atoms with Crippen molar-refractivity contribution in [1.29, 1.82) is 5.26 Å². The predicted molar refractivity (Wildman–Crippen MR) is 162 cm³/mol. The predicted octanol–water partition coefficient (Wildman–Crippen LogP) is 5.22. The number of hydrogen-bond donors (Lipinski definition) is 1. The highest BCUT2D eigenvalue weighted by Gasteiger charge is 2.35. The molecular formula is C32H46N6O5. The van der Waals surface area contributed by atoms with Crippen LogP contribution in [0.4, 0.5) is 10.8 Å². The number of piperidine rings is 1. The van der Waals surface area contributed by atoms with Crippen LogP contribution in [0.2, 0.25) is 0 Å². The number of carbonyl (C=O) groups is 2. The molecule has 1 N–H and O–H groups in total. The minimum absolute atomic E-state index is 0.256. The second kappa shape index (κ2) is 14.6. The smallest absolute Gasteiger partial charge is 0.408 e. The molecule has 234 valence electrons. The number of alkyl carbamates (subject to hydrolysis) is 1. The van der Waals surface area contributed by atoms with Crippen LogP contribution in [0.1, 0.15) is 90.4 Å². The van der Waals surface area contributed by atoms with Crippen molar-refractivity contribution in [3.05, 3.63) is 35.7 Å². The fraction of sp³-hybridized carbons (Fsp3) is 0.656.